The number of alkyl carbamates (subject to hydrolysis) is 1. The van der Waals surface area contributed by atoms with E-state index >= 15 is 0 Å². The molecular formula is C12H21NO4. The summed E-state index contributed by atoms with van der Waals surface area (Å²) in [7, 11) is 0. The number of nitrogens with one attached hydrogen (secondary N) is 1. The van der Waals surface area contributed by atoms with Crippen molar-refractivity contribution in [2.24, 2.45) is 11.8 Å². The molecule has 0 aromatic heterocycles. The van der Waals surface area contributed by atoms with Gasteiger partial charge in [-0.3, -0.25) is 4.79 Å². The van der Waals surface area contributed by atoms with E-state index < -0.39 is 12.1 Å². The molecule has 0 bridgehead atoms. The summed E-state index contributed by atoms with van der Waals surface area (Å²) in [6.45, 7) is 4.32. The average Bonchev–Trinajstić information content (AvgIpc) is 2.26. The molecule has 0 heterocycles. The van der Waals surface area contributed by atoms with Crippen LogP contribution in [-0.2, 0) is 9.53 Å². The van der Waals surface area contributed by atoms with E-state index in [0.717, 1.165) is 12.8 Å². The fraction of sp³-hybridized carbons (Fsp3) is 0.833. The molecule has 1 saturated carbocycles. The number of ether oxygens (including phenoxy) is 1. The van der Waals surface area contributed by atoms with Crippen molar-refractivity contribution in [2.45, 2.75) is 45.6 Å². The number of hydrogen-bond acceptors (Lipinski definition) is 3. The molecule has 2 N–H and O–H groups in total. The molecule has 5 nitrogen and oxygen atoms in total. The van der Waals surface area contributed by atoms with Crippen LogP contribution in [0.15, 0.2) is 0 Å². The predicted molar refractivity (Wildman–Crippen MR) is 62.7 cm³/mol. The Kier molecular flexibility index (Phi) is 5.25. The van der Waals surface area contributed by atoms with Crippen molar-refractivity contribution >= 4 is 12.1 Å². The van der Waals surface area contributed by atoms with Crippen LogP contribution >= 0.6 is 0 Å². The molecule has 1 amide bonds. The van der Waals surface area contributed by atoms with Gasteiger partial charge in [0.25, 0.3) is 0 Å². The van der Waals surface area contributed by atoms with Gasteiger partial charge in [0.1, 0.15) is 0 Å². The van der Waals surface area contributed by atoms with E-state index in [2.05, 4.69) is 5.32 Å². The second-order valence-electron chi connectivity index (χ2n) is 5.04. The van der Waals surface area contributed by atoms with Crippen LogP contribution in [0.25, 0.3) is 0 Å². The SMILES string of the molecule is CC(C)COC(=O)NC1CCCC(C(=O)O)C1. The molecule has 0 spiro atoms. The van der Waals surface area contributed by atoms with Crippen LogP contribution < -0.4 is 5.32 Å². The van der Waals surface area contributed by atoms with Crippen molar-refractivity contribution in [1.29, 1.82) is 0 Å². The lowest BCUT2D eigenvalue weighted by Crippen LogP contribution is -2.40. The number of carboxylic acids is 1. The largest absolute Gasteiger partial charge is 0.481 e. The fourth-order valence-electron chi connectivity index (χ4n) is 2.00. The number of hydrogen-bond donors (Lipinski definition) is 2. The first-order valence-electron chi connectivity index (χ1n) is 6.15. The Morgan fingerprint density at radius 2 is 2.12 bits per heavy atom. The number of amides is 1. The van der Waals surface area contributed by atoms with Crippen molar-refractivity contribution in [3.8, 4) is 0 Å². The zero-order valence-electron chi connectivity index (χ0n) is 10.4. The maximum atomic E-state index is 11.4. The molecule has 0 aromatic carbocycles. The van der Waals surface area contributed by atoms with E-state index in [4.69, 9.17) is 9.84 Å². The molecule has 0 aromatic rings. The van der Waals surface area contributed by atoms with E-state index in [9.17, 15) is 9.59 Å². The molecule has 1 fully saturated rings. The van der Waals surface area contributed by atoms with E-state index in [1.165, 1.54) is 0 Å². The van der Waals surface area contributed by atoms with Crippen molar-refractivity contribution in [1.82, 2.24) is 5.32 Å². The number of carbonyl (C=O) groups excluding carboxylic acids is 1. The Morgan fingerprint density at radius 1 is 1.41 bits per heavy atom. The first-order chi connectivity index (χ1) is 7.99. The third-order valence-electron chi connectivity index (χ3n) is 2.89. The van der Waals surface area contributed by atoms with Crippen molar-refractivity contribution in [3.05, 3.63) is 0 Å². The third-order valence-corrected chi connectivity index (χ3v) is 2.89. The topological polar surface area (TPSA) is 75.6 Å². The van der Waals surface area contributed by atoms with Gasteiger partial charge < -0.3 is 15.2 Å². The highest BCUT2D eigenvalue weighted by Gasteiger charge is 2.28. The van der Waals surface area contributed by atoms with Crippen molar-refractivity contribution in [3.63, 3.8) is 0 Å². The standard InChI is InChI=1S/C12H21NO4/c1-8(2)7-17-12(16)13-10-5-3-4-9(6-10)11(14)15/h8-10H,3-7H2,1-2H3,(H,13,16)(H,14,15). The molecule has 2 unspecified atom stereocenters. The Morgan fingerprint density at radius 3 is 2.71 bits per heavy atom. The van der Waals surface area contributed by atoms with Gasteiger partial charge in [0.15, 0.2) is 0 Å². The van der Waals surface area contributed by atoms with Gasteiger partial charge in [-0.1, -0.05) is 20.3 Å². The quantitative estimate of drug-likeness (QED) is 0.792. The maximum absolute atomic E-state index is 11.4. The van der Waals surface area contributed by atoms with Gasteiger partial charge >= 0.3 is 12.1 Å². The van der Waals surface area contributed by atoms with Gasteiger partial charge in [-0.15, -0.1) is 0 Å². The third kappa shape index (κ3) is 5.06. The summed E-state index contributed by atoms with van der Waals surface area (Å²) in [5, 5.41) is 11.7. The molecule has 17 heavy (non-hydrogen) atoms. The molecule has 1 aliphatic rings. The van der Waals surface area contributed by atoms with Crippen LogP contribution in [0.3, 0.4) is 0 Å². The minimum Gasteiger partial charge on any atom is -0.481 e. The van der Waals surface area contributed by atoms with Gasteiger partial charge in [0.05, 0.1) is 12.5 Å². The monoisotopic (exact) mass is 243 g/mol. The van der Waals surface area contributed by atoms with E-state index in [1.54, 1.807) is 0 Å². The Bertz CT molecular complexity index is 278. The van der Waals surface area contributed by atoms with E-state index in [0.29, 0.717) is 25.4 Å². The molecule has 0 radical (unpaired) electrons. The molecule has 2 atom stereocenters. The average molecular weight is 243 g/mol. The summed E-state index contributed by atoms with van der Waals surface area (Å²) in [5.74, 6) is -0.801. The van der Waals surface area contributed by atoms with Gasteiger partial charge in [0.2, 0.25) is 0 Å². The summed E-state index contributed by atoms with van der Waals surface area (Å²) in [6.07, 6.45) is 2.45. The summed E-state index contributed by atoms with van der Waals surface area (Å²) in [5.41, 5.74) is 0. The highest BCUT2D eigenvalue weighted by atomic mass is 16.5. The molecule has 98 valence electrons. The fourth-order valence-corrected chi connectivity index (χ4v) is 2.00. The van der Waals surface area contributed by atoms with E-state index in [1.807, 2.05) is 13.8 Å². The van der Waals surface area contributed by atoms with Crippen LogP contribution in [0.5, 0.6) is 0 Å². The Hall–Kier alpha value is -1.26. The molecule has 5 heteroatoms. The molecule has 0 saturated heterocycles. The maximum Gasteiger partial charge on any atom is 0.407 e. The van der Waals surface area contributed by atoms with Gasteiger partial charge in [-0.25, -0.2) is 4.79 Å². The van der Waals surface area contributed by atoms with Crippen LogP contribution in [0.2, 0.25) is 0 Å². The van der Waals surface area contributed by atoms with Gasteiger partial charge in [-0.2, -0.15) is 0 Å². The van der Waals surface area contributed by atoms with Crippen LogP contribution in [0.1, 0.15) is 39.5 Å². The van der Waals surface area contributed by atoms with Gasteiger partial charge in [-0.05, 0) is 25.2 Å². The summed E-state index contributed by atoms with van der Waals surface area (Å²) >= 11 is 0. The lowest BCUT2D eigenvalue weighted by atomic mass is 9.86. The summed E-state index contributed by atoms with van der Waals surface area (Å²) in [6, 6.07) is -0.0653. The molecule has 0 aliphatic heterocycles. The van der Waals surface area contributed by atoms with E-state index in [-0.39, 0.29) is 12.0 Å². The second kappa shape index (κ2) is 6.47. The Labute approximate surface area is 102 Å². The van der Waals surface area contributed by atoms with Gasteiger partial charge in [0, 0.05) is 6.04 Å². The van der Waals surface area contributed by atoms with Crippen LogP contribution in [0, 0.1) is 11.8 Å². The smallest absolute Gasteiger partial charge is 0.407 e. The minimum absolute atomic E-state index is 0.0653. The number of rotatable bonds is 4. The zero-order chi connectivity index (χ0) is 12.8. The summed E-state index contributed by atoms with van der Waals surface area (Å²) in [4.78, 5) is 22.3. The number of carbonyl (C=O) groups is 2. The predicted octanol–water partition coefficient (Wildman–Crippen LogP) is 2.01. The second-order valence-corrected chi connectivity index (χ2v) is 5.04. The van der Waals surface area contributed by atoms with Crippen molar-refractivity contribution < 1.29 is 19.4 Å². The highest BCUT2D eigenvalue weighted by Crippen LogP contribution is 2.24. The molecule has 1 aliphatic carbocycles. The Balaban J connectivity index is 2.30. The number of aliphatic carboxylic acids is 1. The normalized spacial score (nSPS) is 24.4. The molecular weight excluding hydrogens is 222 g/mol. The first kappa shape index (κ1) is 13.8. The van der Waals surface area contributed by atoms with Crippen LogP contribution in [0.4, 0.5) is 4.79 Å². The first-order valence-corrected chi connectivity index (χ1v) is 6.15. The lowest BCUT2D eigenvalue weighted by molar-refractivity contribution is -0.143. The zero-order valence-corrected chi connectivity index (χ0v) is 10.4. The lowest BCUT2D eigenvalue weighted by Gasteiger charge is -2.27. The summed E-state index contributed by atoms with van der Waals surface area (Å²) < 4.78 is 5.00. The highest BCUT2D eigenvalue weighted by molar-refractivity contribution is 5.71. The minimum atomic E-state index is -0.771. The molecule has 1 rings (SSSR count). The number of carboxylic acid groups (broad SMARTS) is 1. The van der Waals surface area contributed by atoms with Crippen molar-refractivity contribution in [2.75, 3.05) is 6.61 Å². The van der Waals surface area contributed by atoms with Crippen LogP contribution in [-0.4, -0.2) is 29.8 Å².